The van der Waals surface area contributed by atoms with E-state index in [1.807, 2.05) is 0 Å². The second kappa shape index (κ2) is 6.66. The van der Waals surface area contributed by atoms with Crippen LogP contribution in [0.4, 0.5) is 18.9 Å². The molecule has 0 saturated heterocycles. The highest BCUT2D eigenvalue weighted by molar-refractivity contribution is 6.07. The van der Waals surface area contributed by atoms with Crippen LogP contribution in [-0.4, -0.2) is 39.5 Å². The third-order valence-electron chi connectivity index (χ3n) is 4.48. The zero-order valence-corrected chi connectivity index (χ0v) is 14.7. The average Bonchev–Trinajstić information content (AvgIpc) is 3.21. The van der Waals surface area contributed by atoms with E-state index in [1.165, 1.54) is 17.3 Å². The van der Waals surface area contributed by atoms with Gasteiger partial charge < -0.3 is 9.64 Å². The number of para-hydroxylation sites is 1. The first kappa shape index (κ1) is 18.0. The lowest BCUT2D eigenvalue weighted by Gasteiger charge is -2.36. The highest BCUT2D eigenvalue weighted by Gasteiger charge is 2.47. The highest BCUT2D eigenvalue weighted by atomic mass is 19.4. The molecule has 0 fully saturated rings. The lowest BCUT2D eigenvalue weighted by molar-refractivity contribution is -0.193. The SMILES string of the molecule is Cc1cccc2c1O[C@@H](C(F)(F)F)CN2C(=O)c1cccc(-n2cncn2)c1. The molecule has 6 nitrogen and oxygen atoms in total. The Morgan fingerprint density at radius 2 is 2.00 bits per heavy atom. The van der Waals surface area contributed by atoms with Gasteiger partial charge in [0, 0.05) is 5.56 Å². The summed E-state index contributed by atoms with van der Waals surface area (Å²) in [7, 11) is 0. The van der Waals surface area contributed by atoms with E-state index >= 15 is 0 Å². The van der Waals surface area contributed by atoms with Gasteiger partial charge >= 0.3 is 6.18 Å². The van der Waals surface area contributed by atoms with Crippen LogP contribution < -0.4 is 9.64 Å². The molecule has 1 aromatic heterocycles. The third kappa shape index (κ3) is 3.19. The smallest absolute Gasteiger partial charge is 0.427 e. The van der Waals surface area contributed by atoms with Crippen LogP contribution in [-0.2, 0) is 0 Å². The van der Waals surface area contributed by atoms with Gasteiger partial charge in [0.2, 0.25) is 6.10 Å². The predicted octanol–water partition coefficient (Wildman–Crippen LogP) is 3.55. The Balaban J connectivity index is 1.75. The first-order valence-corrected chi connectivity index (χ1v) is 8.44. The van der Waals surface area contributed by atoms with Crippen molar-refractivity contribution in [2.45, 2.75) is 19.2 Å². The molecular formula is C19H15F3N4O2. The number of aryl methyl sites for hydroxylation is 1. The number of fused-ring (bicyclic) bond motifs is 1. The molecule has 1 amide bonds. The molecule has 28 heavy (non-hydrogen) atoms. The number of rotatable bonds is 2. The van der Waals surface area contributed by atoms with Crippen LogP contribution >= 0.6 is 0 Å². The molecule has 0 bridgehead atoms. The first-order chi connectivity index (χ1) is 13.3. The van der Waals surface area contributed by atoms with E-state index < -0.39 is 24.7 Å². The van der Waals surface area contributed by atoms with Crippen LogP contribution in [0.25, 0.3) is 5.69 Å². The van der Waals surface area contributed by atoms with Crippen molar-refractivity contribution in [2.75, 3.05) is 11.4 Å². The normalized spacial score (nSPS) is 16.4. The second-order valence-electron chi connectivity index (χ2n) is 6.38. The van der Waals surface area contributed by atoms with Crippen LogP contribution in [0.3, 0.4) is 0 Å². The minimum absolute atomic E-state index is 0.0665. The van der Waals surface area contributed by atoms with Gasteiger partial charge in [-0.2, -0.15) is 18.3 Å². The number of hydrogen-bond donors (Lipinski definition) is 0. The van der Waals surface area contributed by atoms with Gasteiger partial charge in [0.15, 0.2) is 0 Å². The average molecular weight is 388 g/mol. The summed E-state index contributed by atoms with van der Waals surface area (Å²) in [4.78, 5) is 18.1. The molecule has 9 heteroatoms. The molecule has 0 spiro atoms. The van der Waals surface area contributed by atoms with Crippen LogP contribution in [0.2, 0.25) is 0 Å². The summed E-state index contributed by atoms with van der Waals surface area (Å²) >= 11 is 0. The second-order valence-corrected chi connectivity index (χ2v) is 6.38. The van der Waals surface area contributed by atoms with Crippen molar-refractivity contribution in [3.8, 4) is 11.4 Å². The van der Waals surface area contributed by atoms with Gasteiger partial charge in [-0.15, -0.1) is 0 Å². The molecule has 3 aromatic rings. The topological polar surface area (TPSA) is 60.2 Å². The van der Waals surface area contributed by atoms with Crippen LogP contribution in [0.5, 0.6) is 5.75 Å². The van der Waals surface area contributed by atoms with Crippen molar-refractivity contribution in [3.63, 3.8) is 0 Å². The number of carbonyl (C=O) groups excluding carboxylic acids is 1. The van der Waals surface area contributed by atoms with Gasteiger partial charge in [0.05, 0.1) is 17.9 Å². The minimum atomic E-state index is -4.60. The third-order valence-corrected chi connectivity index (χ3v) is 4.48. The van der Waals surface area contributed by atoms with Crippen molar-refractivity contribution in [1.82, 2.24) is 14.8 Å². The molecule has 1 atom stereocenters. The molecule has 1 aliphatic heterocycles. The lowest BCUT2D eigenvalue weighted by atomic mass is 10.1. The first-order valence-electron chi connectivity index (χ1n) is 8.44. The number of amides is 1. The Hall–Kier alpha value is -3.36. The van der Waals surface area contributed by atoms with Gasteiger partial charge in [0.25, 0.3) is 5.91 Å². The number of hydrogen-bond acceptors (Lipinski definition) is 4. The Bertz CT molecular complexity index is 1020. The number of carbonyl (C=O) groups is 1. The number of halogens is 3. The van der Waals surface area contributed by atoms with Crippen molar-refractivity contribution in [3.05, 3.63) is 66.2 Å². The van der Waals surface area contributed by atoms with Gasteiger partial charge in [-0.1, -0.05) is 18.2 Å². The molecule has 2 aromatic carbocycles. The summed E-state index contributed by atoms with van der Waals surface area (Å²) in [6.45, 7) is 1.03. The maximum absolute atomic E-state index is 13.4. The summed E-state index contributed by atoms with van der Waals surface area (Å²) in [5.41, 5.74) is 1.66. The number of alkyl halides is 3. The van der Waals surface area contributed by atoms with E-state index in [4.69, 9.17) is 4.74 Å². The molecule has 0 unspecified atom stereocenters. The van der Waals surface area contributed by atoms with E-state index in [0.29, 0.717) is 16.9 Å². The molecule has 0 aliphatic carbocycles. The highest BCUT2D eigenvalue weighted by Crippen LogP contribution is 2.40. The van der Waals surface area contributed by atoms with Crippen molar-refractivity contribution in [1.29, 1.82) is 0 Å². The van der Waals surface area contributed by atoms with Crippen molar-refractivity contribution < 1.29 is 22.7 Å². The molecule has 2 heterocycles. The summed E-state index contributed by atoms with van der Waals surface area (Å²) in [5.74, 6) is -0.483. The molecule has 0 saturated carbocycles. The van der Waals surface area contributed by atoms with Crippen molar-refractivity contribution in [2.24, 2.45) is 0 Å². The minimum Gasteiger partial charge on any atom is -0.477 e. The zero-order valence-electron chi connectivity index (χ0n) is 14.7. The summed E-state index contributed by atoms with van der Waals surface area (Å²) in [5, 5.41) is 4.00. The van der Waals surface area contributed by atoms with Crippen molar-refractivity contribution >= 4 is 11.6 Å². The summed E-state index contributed by atoms with van der Waals surface area (Å²) < 4.78 is 46.8. The van der Waals surface area contributed by atoms with Gasteiger partial charge in [-0.3, -0.25) is 4.79 Å². The van der Waals surface area contributed by atoms with E-state index in [1.54, 1.807) is 49.4 Å². The van der Waals surface area contributed by atoms with Gasteiger partial charge in [-0.05, 0) is 36.8 Å². The molecule has 4 rings (SSSR count). The largest absolute Gasteiger partial charge is 0.477 e. The maximum atomic E-state index is 13.4. The molecule has 0 N–H and O–H groups in total. The van der Waals surface area contributed by atoms with E-state index in [0.717, 1.165) is 4.90 Å². The zero-order chi connectivity index (χ0) is 19.9. The fraction of sp³-hybridized carbons (Fsp3) is 0.211. The number of ether oxygens (including phenoxy) is 1. The quantitative estimate of drug-likeness (QED) is 0.674. The molecule has 1 aliphatic rings. The number of aromatic nitrogens is 3. The molecule has 0 radical (unpaired) electrons. The molecule has 144 valence electrons. The fourth-order valence-electron chi connectivity index (χ4n) is 3.09. The van der Waals surface area contributed by atoms with E-state index in [2.05, 4.69) is 10.1 Å². The van der Waals surface area contributed by atoms with Crippen LogP contribution in [0, 0.1) is 6.92 Å². The van der Waals surface area contributed by atoms with Crippen LogP contribution in [0.15, 0.2) is 55.1 Å². The summed E-state index contributed by atoms with van der Waals surface area (Å²) in [6.07, 6.45) is -3.87. The van der Waals surface area contributed by atoms with Gasteiger partial charge in [-0.25, -0.2) is 9.67 Å². The Kier molecular flexibility index (Phi) is 4.29. The van der Waals surface area contributed by atoms with Gasteiger partial charge in [0.1, 0.15) is 18.4 Å². The Labute approximate surface area is 158 Å². The van der Waals surface area contributed by atoms with E-state index in [9.17, 15) is 18.0 Å². The number of benzene rings is 2. The summed E-state index contributed by atoms with van der Waals surface area (Å²) in [6, 6.07) is 11.4. The molecular weight excluding hydrogens is 373 g/mol. The number of nitrogens with zero attached hydrogens (tertiary/aromatic N) is 4. The monoisotopic (exact) mass is 388 g/mol. The standard InChI is InChI=1S/C19H15F3N4O2/c1-12-4-2-7-15-17(12)28-16(19(20,21)22)9-25(15)18(27)13-5-3-6-14(8-13)26-11-23-10-24-26/h2-8,10-11,16H,9H2,1H3/t16-/m1/s1. The fourth-order valence-corrected chi connectivity index (χ4v) is 3.09. The number of anilines is 1. The predicted molar refractivity (Wildman–Crippen MR) is 94.7 cm³/mol. The van der Waals surface area contributed by atoms with Crippen LogP contribution in [0.1, 0.15) is 15.9 Å². The maximum Gasteiger partial charge on any atom is 0.427 e. The van der Waals surface area contributed by atoms with E-state index in [-0.39, 0.29) is 11.3 Å². The Morgan fingerprint density at radius 3 is 2.71 bits per heavy atom. The lowest BCUT2D eigenvalue weighted by Crippen LogP contribution is -2.50. The Morgan fingerprint density at radius 1 is 1.21 bits per heavy atom.